The van der Waals surface area contributed by atoms with E-state index in [4.69, 9.17) is 5.73 Å². The highest BCUT2D eigenvalue weighted by atomic mass is 79.9. The average Bonchev–Trinajstić information content (AvgIpc) is 2.29. The highest BCUT2D eigenvalue weighted by molar-refractivity contribution is 9.10. The molecule has 1 aromatic rings. The number of fused-ring (bicyclic) bond motifs is 1. The van der Waals surface area contributed by atoms with E-state index in [2.05, 4.69) is 15.9 Å². The molecular weight excluding hydrogens is 218 g/mol. The van der Waals surface area contributed by atoms with E-state index in [0.29, 0.717) is 0 Å². The van der Waals surface area contributed by atoms with Crippen LogP contribution in [0.3, 0.4) is 0 Å². The summed E-state index contributed by atoms with van der Waals surface area (Å²) >= 11 is 3.40. The zero-order chi connectivity index (χ0) is 8.72. The Bertz CT molecular complexity index is 313. The Labute approximate surface area is 79.5 Å². The Morgan fingerprint density at radius 3 is 2.92 bits per heavy atom. The molecule has 3 heteroatoms. The van der Waals surface area contributed by atoms with Crippen molar-refractivity contribution in [1.29, 1.82) is 0 Å². The lowest BCUT2D eigenvalue weighted by Gasteiger charge is -2.09. The smallest absolute Gasteiger partial charge is 0.0957 e. The van der Waals surface area contributed by atoms with Crippen molar-refractivity contribution in [3.63, 3.8) is 0 Å². The lowest BCUT2D eigenvalue weighted by molar-refractivity contribution is 0.159. The van der Waals surface area contributed by atoms with Gasteiger partial charge in [-0.2, -0.15) is 0 Å². The molecule has 1 aliphatic carbocycles. The summed E-state index contributed by atoms with van der Waals surface area (Å²) in [7, 11) is 0. The van der Waals surface area contributed by atoms with Crippen LogP contribution in [0.2, 0.25) is 0 Å². The summed E-state index contributed by atoms with van der Waals surface area (Å²) < 4.78 is 0.959. The fourth-order valence-electron chi connectivity index (χ4n) is 1.67. The SMILES string of the molecule is N[C@H]1Cc2cccc(Br)c2[C@H]1O. The van der Waals surface area contributed by atoms with Crippen LogP contribution in [-0.2, 0) is 6.42 Å². The monoisotopic (exact) mass is 227 g/mol. The number of benzene rings is 1. The summed E-state index contributed by atoms with van der Waals surface area (Å²) in [6.45, 7) is 0. The van der Waals surface area contributed by atoms with E-state index in [1.165, 1.54) is 0 Å². The molecule has 0 radical (unpaired) electrons. The summed E-state index contributed by atoms with van der Waals surface area (Å²) in [6, 6.07) is 5.77. The van der Waals surface area contributed by atoms with Gasteiger partial charge in [0.1, 0.15) is 0 Å². The number of aliphatic hydroxyl groups excluding tert-OH is 1. The summed E-state index contributed by atoms with van der Waals surface area (Å²) in [6.07, 6.45) is 0.270. The van der Waals surface area contributed by atoms with E-state index < -0.39 is 6.10 Å². The number of nitrogens with two attached hydrogens (primary N) is 1. The molecule has 0 unspecified atom stereocenters. The molecule has 1 aromatic carbocycles. The van der Waals surface area contributed by atoms with Crippen LogP contribution in [0.5, 0.6) is 0 Å². The van der Waals surface area contributed by atoms with Crippen molar-refractivity contribution in [2.24, 2.45) is 5.73 Å². The number of rotatable bonds is 0. The maximum atomic E-state index is 9.68. The lowest BCUT2D eigenvalue weighted by atomic mass is 10.1. The molecule has 0 aromatic heterocycles. The molecule has 2 atom stereocenters. The van der Waals surface area contributed by atoms with Gasteiger partial charge in [0.2, 0.25) is 0 Å². The van der Waals surface area contributed by atoms with Gasteiger partial charge in [-0.15, -0.1) is 0 Å². The van der Waals surface area contributed by atoms with Crippen LogP contribution in [0.4, 0.5) is 0 Å². The topological polar surface area (TPSA) is 46.2 Å². The van der Waals surface area contributed by atoms with Crippen molar-refractivity contribution in [2.45, 2.75) is 18.6 Å². The minimum Gasteiger partial charge on any atom is -0.387 e. The van der Waals surface area contributed by atoms with E-state index in [1.807, 2.05) is 18.2 Å². The van der Waals surface area contributed by atoms with Crippen LogP contribution in [-0.4, -0.2) is 11.1 Å². The fourth-order valence-corrected chi connectivity index (χ4v) is 2.31. The van der Waals surface area contributed by atoms with Crippen molar-refractivity contribution in [1.82, 2.24) is 0 Å². The van der Waals surface area contributed by atoms with Crippen molar-refractivity contribution in [3.05, 3.63) is 33.8 Å². The first-order chi connectivity index (χ1) is 5.70. The third-order valence-corrected chi connectivity index (χ3v) is 2.99. The van der Waals surface area contributed by atoms with Gasteiger partial charge in [-0.05, 0) is 23.6 Å². The molecule has 0 saturated heterocycles. The molecule has 0 amide bonds. The second-order valence-corrected chi connectivity index (χ2v) is 3.98. The quantitative estimate of drug-likeness (QED) is 0.704. The minimum atomic E-state index is -0.504. The van der Waals surface area contributed by atoms with Gasteiger partial charge in [-0.25, -0.2) is 0 Å². The standard InChI is InChI=1S/C9H10BrNO/c10-6-3-1-2-5-4-7(11)9(12)8(5)6/h1-3,7,9,12H,4,11H2/t7-,9-/m0/s1. The second kappa shape index (κ2) is 2.83. The molecule has 1 aliphatic rings. The maximum absolute atomic E-state index is 9.68. The van der Waals surface area contributed by atoms with Crippen molar-refractivity contribution >= 4 is 15.9 Å². The number of hydrogen-bond acceptors (Lipinski definition) is 2. The van der Waals surface area contributed by atoms with Crippen molar-refractivity contribution < 1.29 is 5.11 Å². The predicted molar refractivity (Wildman–Crippen MR) is 50.8 cm³/mol. The number of halogens is 1. The van der Waals surface area contributed by atoms with Crippen molar-refractivity contribution in [3.8, 4) is 0 Å². The minimum absolute atomic E-state index is 0.140. The van der Waals surface area contributed by atoms with Gasteiger partial charge in [0, 0.05) is 10.5 Å². The van der Waals surface area contributed by atoms with Crippen LogP contribution in [0.25, 0.3) is 0 Å². The largest absolute Gasteiger partial charge is 0.387 e. The Morgan fingerprint density at radius 2 is 2.25 bits per heavy atom. The first kappa shape index (κ1) is 8.23. The van der Waals surface area contributed by atoms with Crippen LogP contribution in [0.15, 0.2) is 22.7 Å². The molecule has 0 saturated carbocycles. The van der Waals surface area contributed by atoms with E-state index in [1.54, 1.807) is 0 Å². The Kier molecular flexibility index (Phi) is 1.94. The van der Waals surface area contributed by atoms with Gasteiger partial charge < -0.3 is 10.8 Å². The summed E-state index contributed by atoms with van der Waals surface area (Å²) in [5.74, 6) is 0. The van der Waals surface area contributed by atoms with Crippen LogP contribution in [0, 0.1) is 0 Å². The van der Waals surface area contributed by atoms with E-state index in [9.17, 15) is 5.11 Å². The molecule has 0 spiro atoms. The number of hydrogen-bond donors (Lipinski definition) is 2. The third-order valence-electron chi connectivity index (χ3n) is 2.30. The zero-order valence-corrected chi connectivity index (χ0v) is 8.08. The molecule has 0 heterocycles. The molecule has 3 N–H and O–H groups in total. The molecule has 0 bridgehead atoms. The summed E-state index contributed by atoms with van der Waals surface area (Å²) in [4.78, 5) is 0. The lowest BCUT2D eigenvalue weighted by Crippen LogP contribution is -2.24. The first-order valence-corrected chi connectivity index (χ1v) is 4.70. The summed E-state index contributed by atoms with van der Waals surface area (Å²) in [5.41, 5.74) is 7.85. The van der Waals surface area contributed by atoms with Crippen LogP contribution >= 0.6 is 15.9 Å². The van der Waals surface area contributed by atoms with E-state index >= 15 is 0 Å². The Balaban J connectivity index is 2.55. The fraction of sp³-hybridized carbons (Fsp3) is 0.333. The highest BCUT2D eigenvalue weighted by Crippen LogP contribution is 2.35. The normalized spacial score (nSPS) is 27.2. The predicted octanol–water partition coefficient (Wildman–Crippen LogP) is 1.37. The third kappa shape index (κ3) is 1.09. The molecule has 2 nitrogen and oxygen atoms in total. The molecule has 0 fully saturated rings. The average molecular weight is 228 g/mol. The molecule has 64 valence electrons. The van der Waals surface area contributed by atoms with Gasteiger partial charge in [0.25, 0.3) is 0 Å². The van der Waals surface area contributed by atoms with Gasteiger partial charge in [-0.1, -0.05) is 28.1 Å². The molecular formula is C9H10BrNO. The zero-order valence-electron chi connectivity index (χ0n) is 6.50. The number of aliphatic hydroxyl groups is 1. The van der Waals surface area contributed by atoms with Crippen LogP contribution in [0.1, 0.15) is 17.2 Å². The first-order valence-electron chi connectivity index (χ1n) is 3.91. The van der Waals surface area contributed by atoms with E-state index in [-0.39, 0.29) is 6.04 Å². The van der Waals surface area contributed by atoms with E-state index in [0.717, 1.165) is 22.0 Å². The summed E-state index contributed by atoms with van der Waals surface area (Å²) in [5, 5.41) is 9.68. The highest BCUT2D eigenvalue weighted by Gasteiger charge is 2.29. The van der Waals surface area contributed by atoms with Gasteiger partial charge in [0.05, 0.1) is 6.10 Å². The molecule has 2 rings (SSSR count). The Morgan fingerprint density at radius 1 is 1.50 bits per heavy atom. The molecule has 0 aliphatic heterocycles. The second-order valence-electron chi connectivity index (χ2n) is 3.13. The van der Waals surface area contributed by atoms with Gasteiger partial charge in [0.15, 0.2) is 0 Å². The Hall–Kier alpha value is -0.380. The van der Waals surface area contributed by atoms with Crippen LogP contribution < -0.4 is 5.73 Å². The van der Waals surface area contributed by atoms with Crippen molar-refractivity contribution in [2.75, 3.05) is 0 Å². The molecule has 12 heavy (non-hydrogen) atoms. The maximum Gasteiger partial charge on any atom is 0.0957 e. The van der Waals surface area contributed by atoms with Gasteiger partial charge >= 0.3 is 0 Å². The van der Waals surface area contributed by atoms with Gasteiger partial charge in [-0.3, -0.25) is 0 Å².